The minimum Gasteiger partial charge on any atom is -0.375 e. The highest BCUT2D eigenvalue weighted by Crippen LogP contribution is 2.34. The molecule has 19 heavy (non-hydrogen) atoms. The van der Waals surface area contributed by atoms with Crippen LogP contribution in [0.2, 0.25) is 10.0 Å². The summed E-state index contributed by atoms with van der Waals surface area (Å²) in [4.78, 5) is 11.5. The number of thiophene rings is 1. The highest BCUT2D eigenvalue weighted by Gasteiger charge is 2.16. The number of benzene rings is 1. The van der Waals surface area contributed by atoms with Gasteiger partial charge in [0.2, 0.25) is 0 Å². The maximum absolute atomic E-state index is 11.0. The quantitative estimate of drug-likeness (QED) is 0.574. The molecule has 1 aromatic heterocycles. The van der Waals surface area contributed by atoms with Crippen molar-refractivity contribution in [2.24, 2.45) is 0 Å². The van der Waals surface area contributed by atoms with Crippen molar-refractivity contribution >= 4 is 61.8 Å². The first-order chi connectivity index (χ1) is 8.97. The van der Waals surface area contributed by atoms with E-state index >= 15 is 0 Å². The Morgan fingerprint density at radius 1 is 1.32 bits per heavy atom. The summed E-state index contributed by atoms with van der Waals surface area (Å²) in [6.45, 7) is 0.481. The summed E-state index contributed by atoms with van der Waals surface area (Å²) < 4.78 is 1.01. The van der Waals surface area contributed by atoms with Gasteiger partial charge in [-0.25, -0.2) is 0 Å². The number of halogens is 3. The van der Waals surface area contributed by atoms with Crippen molar-refractivity contribution in [3.8, 4) is 0 Å². The predicted molar refractivity (Wildman–Crippen MR) is 82.5 cm³/mol. The monoisotopic (exact) mass is 380 g/mol. The molecule has 0 atom stereocenters. The van der Waals surface area contributed by atoms with Crippen LogP contribution in [0.3, 0.4) is 0 Å². The first-order valence-corrected chi connectivity index (χ1v) is 7.45. The number of rotatable bonds is 4. The molecule has 0 saturated heterocycles. The molecule has 1 N–H and O–H groups in total. The highest BCUT2D eigenvalue weighted by molar-refractivity contribution is 9.11. The van der Waals surface area contributed by atoms with E-state index in [1.807, 2.05) is 12.1 Å². The Kier molecular flexibility index (Phi) is 4.67. The van der Waals surface area contributed by atoms with E-state index in [0.717, 1.165) is 8.66 Å². The summed E-state index contributed by atoms with van der Waals surface area (Å²) in [6.07, 6.45) is 0. The molecule has 0 aliphatic carbocycles. The van der Waals surface area contributed by atoms with Gasteiger partial charge in [0.25, 0.3) is 5.69 Å². The Morgan fingerprint density at radius 2 is 2.00 bits per heavy atom. The average Bonchev–Trinajstić information content (AvgIpc) is 2.76. The summed E-state index contributed by atoms with van der Waals surface area (Å²) in [7, 11) is 0. The second-order valence-electron chi connectivity index (χ2n) is 3.60. The zero-order valence-corrected chi connectivity index (χ0v) is 13.2. The largest absolute Gasteiger partial charge is 0.375 e. The van der Waals surface area contributed by atoms with Crippen LogP contribution in [0, 0.1) is 10.1 Å². The molecule has 0 aliphatic heterocycles. The topological polar surface area (TPSA) is 55.2 Å². The van der Waals surface area contributed by atoms with Gasteiger partial charge in [-0.1, -0.05) is 23.2 Å². The van der Waals surface area contributed by atoms with Gasteiger partial charge in [0.1, 0.15) is 5.69 Å². The van der Waals surface area contributed by atoms with Gasteiger partial charge in [0, 0.05) is 17.5 Å². The summed E-state index contributed by atoms with van der Waals surface area (Å²) in [5, 5.41) is 14.4. The molecule has 0 fully saturated rings. The molecule has 8 heteroatoms. The fourth-order valence-corrected chi connectivity index (χ4v) is 3.20. The van der Waals surface area contributed by atoms with Crippen LogP contribution >= 0.6 is 50.5 Å². The highest BCUT2D eigenvalue weighted by atomic mass is 79.9. The summed E-state index contributed by atoms with van der Waals surface area (Å²) in [5.74, 6) is 0. The van der Waals surface area contributed by atoms with Crippen LogP contribution in [0.15, 0.2) is 28.1 Å². The molecule has 1 aromatic carbocycles. The summed E-state index contributed by atoms with van der Waals surface area (Å²) in [6, 6.07) is 6.57. The van der Waals surface area contributed by atoms with Gasteiger partial charge < -0.3 is 5.32 Å². The van der Waals surface area contributed by atoms with E-state index in [-0.39, 0.29) is 15.7 Å². The van der Waals surface area contributed by atoms with Gasteiger partial charge in [-0.15, -0.1) is 11.3 Å². The first kappa shape index (κ1) is 14.6. The Labute approximate surface area is 131 Å². The van der Waals surface area contributed by atoms with E-state index in [9.17, 15) is 10.1 Å². The molecule has 100 valence electrons. The minimum atomic E-state index is -0.491. The number of nitro benzene ring substituents is 1. The molecule has 0 spiro atoms. The van der Waals surface area contributed by atoms with Gasteiger partial charge in [-0.2, -0.15) is 0 Å². The molecule has 0 radical (unpaired) electrons. The van der Waals surface area contributed by atoms with E-state index in [0.29, 0.717) is 12.2 Å². The van der Waals surface area contributed by atoms with Gasteiger partial charge in [-0.05, 0) is 34.1 Å². The molecule has 1 heterocycles. The third kappa shape index (κ3) is 3.60. The van der Waals surface area contributed by atoms with Crippen LogP contribution in [0.4, 0.5) is 11.4 Å². The SMILES string of the molecule is O=[N+]([O-])c1cc(Cl)c(Cl)cc1NCc1ccc(Br)s1. The third-order valence-electron chi connectivity index (χ3n) is 2.32. The molecule has 0 saturated carbocycles. The standard InChI is InChI=1S/C11H7BrCl2N2O2S/c12-11-2-1-6(19-11)5-15-9-3-7(13)8(14)4-10(9)16(17)18/h1-4,15H,5H2. The lowest BCUT2D eigenvalue weighted by molar-refractivity contribution is -0.383. The number of nitrogens with zero attached hydrogens (tertiary/aromatic N) is 1. The molecule has 4 nitrogen and oxygen atoms in total. The molecule has 0 bridgehead atoms. The molecule has 0 unspecified atom stereocenters. The van der Waals surface area contributed by atoms with Gasteiger partial charge in [0.05, 0.1) is 18.8 Å². The Bertz CT molecular complexity index is 633. The van der Waals surface area contributed by atoms with Crippen LogP contribution < -0.4 is 5.32 Å². The summed E-state index contributed by atoms with van der Waals surface area (Å²) >= 11 is 16.6. The van der Waals surface area contributed by atoms with Gasteiger partial charge in [0.15, 0.2) is 0 Å². The minimum absolute atomic E-state index is 0.0926. The van der Waals surface area contributed by atoms with Crippen molar-refractivity contribution < 1.29 is 4.92 Å². The maximum atomic E-state index is 11.0. The van der Waals surface area contributed by atoms with Gasteiger partial charge >= 0.3 is 0 Å². The number of hydrogen-bond donors (Lipinski definition) is 1. The lowest BCUT2D eigenvalue weighted by Gasteiger charge is -2.07. The van der Waals surface area contributed by atoms with Crippen LogP contribution in [0.5, 0.6) is 0 Å². The molecular formula is C11H7BrCl2N2O2S. The van der Waals surface area contributed by atoms with Crippen molar-refractivity contribution in [3.05, 3.63) is 53.1 Å². The van der Waals surface area contributed by atoms with Crippen LogP contribution in [-0.4, -0.2) is 4.92 Å². The van der Waals surface area contributed by atoms with E-state index in [1.165, 1.54) is 12.1 Å². The second kappa shape index (κ2) is 6.09. The fraction of sp³-hybridized carbons (Fsp3) is 0.0909. The molecule has 0 aliphatic rings. The third-order valence-corrected chi connectivity index (χ3v) is 4.66. The van der Waals surface area contributed by atoms with Gasteiger partial charge in [-0.3, -0.25) is 10.1 Å². The van der Waals surface area contributed by atoms with E-state index in [4.69, 9.17) is 23.2 Å². The van der Waals surface area contributed by atoms with Crippen LogP contribution in [0.1, 0.15) is 4.88 Å². The predicted octanol–water partition coefficient (Wildman–Crippen LogP) is 5.34. The summed E-state index contributed by atoms with van der Waals surface area (Å²) in [5.41, 5.74) is 0.258. The molecule has 2 rings (SSSR count). The number of anilines is 1. The van der Waals surface area contributed by atoms with Crippen molar-refractivity contribution in [2.45, 2.75) is 6.54 Å². The number of nitro groups is 1. The van der Waals surface area contributed by atoms with Crippen LogP contribution in [0.25, 0.3) is 0 Å². The van der Waals surface area contributed by atoms with Crippen molar-refractivity contribution in [3.63, 3.8) is 0 Å². The second-order valence-corrected chi connectivity index (χ2v) is 6.96. The lowest BCUT2D eigenvalue weighted by atomic mass is 10.2. The van der Waals surface area contributed by atoms with E-state index in [2.05, 4.69) is 21.2 Å². The van der Waals surface area contributed by atoms with Crippen molar-refractivity contribution in [1.29, 1.82) is 0 Å². The lowest BCUT2D eigenvalue weighted by Crippen LogP contribution is -2.01. The van der Waals surface area contributed by atoms with Crippen molar-refractivity contribution in [2.75, 3.05) is 5.32 Å². The average molecular weight is 382 g/mol. The van der Waals surface area contributed by atoms with Crippen LogP contribution in [-0.2, 0) is 6.54 Å². The Morgan fingerprint density at radius 3 is 2.58 bits per heavy atom. The normalized spacial score (nSPS) is 10.5. The van der Waals surface area contributed by atoms with Crippen molar-refractivity contribution in [1.82, 2.24) is 0 Å². The zero-order valence-electron chi connectivity index (χ0n) is 9.32. The van der Waals surface area contributed by atoms with E-state index < -0.39 is 4.92 Å². The number of nitrogens with one attached hydrogen (secondary N) is 1. The maximum Gasteiger partial charge on any atom is 0.293 e. The first-order valence-electron chi connectivity index (χ1n) is 5.09. The smallest absolute Gasteiger partial charge is 0.293 e. The Hall–Kier alpha value is -0.820. The molecule has 2 aromatic rings. The zero-order chi connectivity index (χ0) is 14.0. The van der Waals surface area contributed by atoms with E-state index in [1.54, 1.807) is 11.3 Å². The number of hydrogen-bond acceptors (Lipinski definition) is 4. The fourth-order valence-electron chi connectivity index (χ4n) is 1.46. The molecular weight excluding hydrogens is 375 g/mol. The molecule has 0 amide bonds. The Balaban J connectivity index is 2.23.